The second-order valence-electron chi connectivity index (χ2n) is 5.15. The Kier molecular flexibility index (Phi) is 5.17. The number of ether oxygens (including phenoxy) is 1. The maximum Gasteiger partial charge on any atom is 0.223 e. The van der Waals surface area contributed by atoms with Gasteiger partial charge in [0.1, 0.15) is 5.75 Å². The van der Waals surface area contributed by atoms with Gasteiger partial charge >= 0.3 is 0 Å². The summed E-state index contributed by atoms with van der Waals surface area (Å²) >= 11 is 0. The Labute approximate surface area is 125 Å². The molecule has 2 aromatic carbocycles. The smallest absolute Gasteiger partial charge is 0.223 e. The number of hydrogen-bond acceptors (Lipinski definition) is 3. The van der Waals surface area contributed by atoms with Gasteiger partial charge in [-0.2, -0.15) is 0 Å². The number of amides is 1. The minimum atomic E-state index is 0.152. The molecule has 0 heterocycles. The van der Waals surface area contributed by atoms with Gasteiger partial charge in [0, 0.05) is 26.6 Å². The molecule has 1 N–H and O–H groups in total. The summed E-state index contributed by atoms with van der Waals surface area (Å²) in [5.41, 5.74) is 1.13. The van der Waals surface area contributed by atoms with Gasteiger partial charge in [-0.1, -0.05) is 18.2 Å². The van der Waals surface area contributed by atoms with E-state index in [1.54, 1.807) is 12.0 Å². The third kappa shape index (κ3) is 3.95. The Balaban J connectivity index is 2.10. The van der Waals surface area contributed by atoms with Gasteiger partial charge in [0.15, 0.2) is 0 Å². The lowest BCUT2D eigenvalue weighted by molar-refractivity contribution is -0.130. The maximum atomic E-state index is 11.9. The molecule has 0 fully saturated rings. The van der Waals surface area contributed by atoms with Crippen LogP contribution in [0.1, 0.15) is 12.0 Å². The number of carbonyl (C=O) groups excluding carboxylic acids is 1. The van der Waals surface area contributed by atoms with Gasteiger partial charge in [0.25, 0.3) is 0 Å². The van der Waals surface area contributed by atoms with Crippen LogP contribution in [-0.4, -0.2) is 38.6 Å². The lowest BCUT2D eigenvalue weighted by Gasteiger charge is -2.17. The first kappa shape index (κ1) is 15.3. The van der Waals surface area contributed by atoms with Crippen molar-refractivity contribution in [3.63, 3.8) is 0 Å². The predicted molar refractivity (Wildman–Crippen MR) is 85.5 cm³/mol. The molecule has 21 heavy (non-hydrogen) atoms. The Hall–Kier alpha value is -2.07. The van der Waals surface area contributed by atoms with E-state index in [-0.39, 0.29) is 5.91 Å². The van der Waals surface area contributed by atoms with E-state index in [4.69, 9.17) is 4.74 Å². The third-order valence-corrected chi connectivity index (χ3v) is 3.55. The fourth-order valence-corrected chi connectivity index (χ4v) is 2.28. The zero-order chi connectivity index (χ0) is 15.2. The molecular weight excluding hydrogens is 264 g/mol. The normalized spacial score (nSPS) is 10.6. The van der Waals surface area contributed by atoms with Crippen LogP contribution >= 0.6 is 0 Å². The van der Waals surface area contributed by atoms with Crippen molar-refractivity contribution in [2.24, 2.45) is 0 Å². The second-order valence-corrected chi connectivity index (χ2v) is 5.15. The Morgan fingerprint density at radius 1 is 1.19 bits per heavy atom. The van der Waals surface area contributed by atoms with Crippen molar-refractivity contribution in [3.8, 4) is 5.75 Å². The van der Waals surface area contributed by atoms with Crippen molar-refractivity contribution >= 4 is 16.7 Å². The number of fused-ring (bicyclic) bond motifs is 1. The number of benzene rings is 2. The van der Waals surface area contributed by atoms with E-state index in [9.17, 15) is 4.79 Å². The molecule has 0 unspecified atom stereocenters. The number of carbonyl (C=O) groups is 1. The van der Waals surface area contributed by atoms with Crippen molar-refractivity contribution in [2.45, 2.75) is 13.0 Å². The second kappa shape index (κ2) is 7.09. The molecular formula is C17H22N2O2. The molecule has 0 saturated carbocycles. The predicted octanol–water partition coefficient (Wildman–Crippen LogP) is 2.42. The highest BCUT2D eigenvalue weighted by Crippen LogP contribution is 2.22. The van der Waals surface area contributed by atoms with E-state index < -0.39 is 0 Å². The average Bonchev–Trinajstić information content (AvgIpc) is 2.51. The van der Waals surface area contributed by atoms with Crippen LogP contribution in [0, 0.1) is 0 Å². The molecule has 0 saturated heterocycles. The van der Waals surface area contributed by atoms with Gasteiger partial charge in [-0.15, -0.1) is 0 Å². The SMILES string of the molecule is CNCCC(=O)N(C)Cc1ccc2cc(OC)ccc2c1. The number of nitrogens with one attached hydrogen (secondary N) is 1. The first-order valence-corrected chi connectivity index (χ1v) is 7.09. The van der Waals surface area contributed by atoms with Crippen molar-refractivity contribution in [3.05, 3.63) is 42.0 Å². The molecule has 1 amide bonds. The number of nitrogens with zero attached hydrogens (tertiary/aromatic N) is 1. The van der Waals surface area contributed by atoms with Gasteiger partial charge in [0.05, 0.1) is 7.11 Å². The summed E-state index contributed by atoms with van der Waals surface area (Å²) in [6, 6.07) is 12.3. The highest BCUT2D eigenvalue weighted by atomic mass is 16.5. The van der Waals surface area contributed by atoms with E-state index in [0.717, 1.165) is 22.1 Å². The van der Waals surface area contributed by atoms with Crippen LogP contribution in [0.3, 0.4) is 0 Å². The minimum Gasteiger partial charge on any atom is -0.497 e. The summed E-state index contributed by atoms with van der Waals surface area (Å²) in [6.45, 7) is 1.34. The molecule has 2 rings (SSSR count). The van der Waals surface area contributed by atoms with Crippen LogP contribution in [0.2, 0.25) is 0 Å². The van der Waals surface area contributed by atoms with Crippen molar-refractivity contribution in [1.82, 2.24) is 10.2 Å². The topological polar surface area (TPSA) is 41.6 Å². The summed E-state index contributed by atoms with van der Waals surface area (Å²) in [7, 11) is 5.36. The van der Waals surface area contributed by atoms with Gasteiger partial charge in [-0.3, -0.25) is 4.79 Å². The standard InChI is InChI=1S/C17H22N2O2/c1-18-9-8-17(20)19(2)12-13-4-5-15-11-16(21-3)7-6-14(15)10-13/h4-7,10-11,18H,8-9,12H2,1-3H3. The Bertz CT molecular complexity index is 625. The molecule has 0 aliphatic carbocycles. The number of hydrogen-bond donors (Lipinski definition) is 1. The molecule has 0 aliphatic heterocycles. The fraction of sp³-hybridized carbons (Fsp3) is 0.353. The van der Waals surface area contributed by atoms with Crippen LogP contribution in [0.15, 0.2) is 36.4 Å². The van der Waals surface area contributed by atoms with Gasteiger partial charge in [-0.25, -0.2) is 0 Å². The van der Waals surface area contributed by atoms with E-state index in [1.165, 1.54) is 0 Å². The van der Waals surface area contributed by atoms with Gasteiger partial charge in [-0.05, 0) is 41.6 Å². The molecule has 0 aliphatic rings. The van der Waals surface area contributed by atoms with Crippen LogP contribution < -0.4 is 10.1 Å². The molecule has 112 valence electrons. The highest BCUT2D eigenvalue weighted by Gasteiger charge is 2.09. The summed E-state index contributed by atoms with van der Waals surface area (Å²) in [4.78, 5) is 13.7. The molecule has 4 heteroatoms. The molecule has 4 nitrogen and oxygen atoms in total. The summed E-state index contributed by atoms with van der Waals surface area (Å²) in [5, 5.41) is 5.29. The third-order valence-electron chi connectivity index (χ3n) is 3.55. The van der Waals surface area contributed by atoms with Crippen LogP contribution in [0.4, 0.5) is 0 Å². The van der Waals surface area contributed by atoms with Gasteiger partial charge < -0.3 is 15.0 Å². The average molecular weight is 286 g/mol. The quantitative estimate of drug-likeness (QED) is 0.886. The van der Waals surface area contributed by atoms with E-state index in [1.807, 2.05) is 32.3 Å². The molecule has 2 aromatic rings. The molecule has 0 spiro atoms. The van der Waals surface area contributed by atoms with Crippen molar-refractivity contribution in [2.75, 3.05) is 27.7 Å². The number of rotatable bonds is 6. The van der Waals surface area contributed by atoms with E-state index in [0.29, 0.717) is 19.5 Å². The summed E-state index contributed by atoms with van der Waals surface area (Å²) < 4.78 is 5.23. The zero-order valence-corrected chi connectivity index (χ0v) is 12.8. The van der Waals surface area contributed by atoms with Crippen LogP contribution in [-0.2, 0) is 11.3 Å². The monoisotopic (exact) mass is 286 g/mol. The van der Waals surface area contributed by atoms with E-state index >= 15 is 0 Å². The molecule has 0 radical (unpaired) electrons. The Morgan fingerprint density at radius 2 is 1.90 bits per heavy atom. The first-order valence-electron chi connectivity index (χ1n) is 7.09. The largest absolute Gasteiger partial charge is 0.497 e. The first-order chi connectivity index (χ1) is 10.1. The highest BCUT2D eigenvalue weighted by molar-refractivity contribution is 5.84. The Morgan fingerprint density at radius 3 is 2.62 bits per heavy atom. The number of methoxy groups -OCH3 is 1. The van der Waals surface area contributed by atoms with E-state index in [2.05, 4.69) is 23.5 Å². The summed E-state index contributed by atoms with van der Waals surface area (Å²) in [5.74, 6) is 1.01. The maximum absolute atomic E-state index is 11.9. The zero-order valence-electron chi connectivity index (χ0n) is 12.8. The van der Waals surface area contributed by atoms with Gasteiger partial charge in [0.2, 0.25) is 5.91 Å². The molecule has 0 bridgehead atoms. The molecule has 0 aromatic heterocycles. The lowest BCUT2D eigenvalue weighted by atomic mass is 10.1. The van der Waals surface area contributed by atoms with Crippen molar-refractivity contribution in [1.29, 1.82) is 0 Å². The van der Waals surface area contributed by atoms with Crippen LogP contribution in [0.25, 0.3) is 10.8 Å². The minimum absolute atomic E-state index is 0.152. The van der Waals surface area contributed by atoms with Crippen LogP contribution in [0.5, 0.6) is 5.75 Å². The summed E-state index contributed by atoms with van der Waals surface area (Å²) in [6.07, 6.45) is 0.526. The lowest BCUT2D eigenvalue weighted by Crippen LogP contribution is -2.28. The molecule has 0 atom stereocenters. The fourth-order valence-electron chi connectivity index (χ4n) is 2.28. The van der Waals surface area contributed by atoms with Crippen molar-refractivity contribution < 1.29 is 9.53 Å².